The summed E-state index contributed by atoms with van der Waals surface area (Å²) in [7, 11) is 3.36. The van der Waals surface area contributed by atoms with E-state index in [2.05, 4.69) is 10.3 Å². The highest BCUT2D eigenvalue weighted by atomic mass is 32.1. The second-order valence-corrected chi connectivity index (χ2v) is 6.11. The molecule has 6 nitrogen and oxygen atoms in total. The number of hydrogen-bond acceptors (Lipinski definition) is 5. The van der Waals surface area contributed by atoms with Gasteiger partial charge in [-0.25, -0.2) is 4.98 Å². The molecule has 0 radical (unpaired) electrons. The van der Waals surface area contributed by atoms with Crippen LogP contribution in [0, 0.1) is 0 Å². The summed E-state index contributed by atoms with van der Waals surface area (Å²) in [5.74, 6) is 0.163. The third-order valence-corrected chi connectivity index (χ3v) is 4.10. The highest BCUT2D eigenvalue weighted by Gasteiger charge is 2.14. The zero-order chi connectivity index (χ0) is 17.1. The van der Waals surface area contributed by atoms with Crippen molar-refractivity contribution in [1.82, 2.24) is 9.88 Å². The van der Waals surface area contributed by atoms with Gasteiger partial charge in [0.15, 0.2) is 10.8 Å². The third-order valence-electron chi connectivity index (χ3n) is 3.24. The molecule has 0 aliphatic rings. The fourth-order valence-corrected chi connectivity index (χ4v) is 2.84. The van der Waals surface area contributed by atoms with Crippen LogP contribution in [0.1, 0.15) is 20.8 Å². The lowest BCUT2D eigenvalue weighted by Crippen LogP contribution is -2.22. The average Bonchev–Trinajstić information content (AvgIpc) is 3.25. The molecule has 0 aliphatic heterocycles. The van der Waals surface area contributed by atoms with Gasteiger partial charge >= 0.3 is 0 Å². The molecule has 0 fully saturated rings. The first-order valence-corrected chi connectivity index (χ1v) is 8.05. The van der Waals surface area contributed by atoms with Gasteiger partial charge in [0.05, 0.1) is 6.26 Å². The van der Waals surface area contributed by atoms with Crippen molar-refractivity contribution in [2.45, 2.75) is 0 Å². The van der Waals surface area contributed by atoms with Gasteiger partial charge < -0.3 is 14.6 Å². The highest BCUT2D eigenvalue weighted by Crippen LogP contribution is 2.24. The van der Waals surface area contributed by atoms with E-state index in [9.17, 15) is 9.59 Å². The van der Waals surface area contributed by atoms with Crippen molar-refractivity contribution in [3.63, 3.8) is 0 Å². The molecular formula is C17H15N3O3S. The van der Waals surface area contributed by atoms with Crippen molar-refractivity contribution in [1.29, 1.82) is 0 Å². The topological polar surface area (TPSA) is 75.4 Å². The van der Waals surface area contributed by atoms with E-state index in [4.69, 9.17) is 4.42 Å². The summed E-state index contributed by atoms with van der Waals surface area (Å²) in [5, 5.41) is 5.06. The molecule has 3 aromatic rings. The molecule has 0 unspecified atom stereocenters. The number of anilines is 1. The number of carbonyl (C=O) groups is 2. The molecule has 0 spiro atoms. The molecule has 0 saturated heterocycles. The number of hydrogen-bond donors (Lipinski definition) is 1. The molecule has 0 saturated carbocycles. The van der Waals surface area contributed by atoms with Crippen molar-refractivity contribution in [2.24, 2.45) is 0 Å². The third kappa shape index (κ3) is 3.36. The molecule has 1 N–H and O–H groups in total. The van der Waals surface area contributed by atoms with Crippen LogP contribution in [0.5, 0.6) is 0 Å². The first-order chi connectivity index (χ1) is 11.5. The Morgan fingerprint density at radius 2 is 2.04 bits per heavy atom. The van der Waals surface area contributed by atoms with Gasteiger partial charge in [0.1, 0.15) is 5.69 Å². The lowest BCUT2D eigenvalue weighted by Gasteiger charge is -2.11. The number of carbonyl (C=O) groups excluding carboxylic acids is 2. The Morgan fingerprint density at radius 3 is 2.75 bits per heavy atom. The van der Waals surface area contributed by atoms with Crippen LogP contribution < -0.4 is 5.32 Å². The van der Waals surface area contributed by atoms with Crippen LogP contribution in [0.2, 0.25) is 0 Å². The molecule has 2 heterocycles. The van der Waals surface area contributed by atoms with Crippen molar-refractivity contribution in [3.05, 3.63) is 59.3 Å². The maximum absolute atomic E-state index is 12.3. The number of benzene rings is 1. The minimum absolute atomic E-state index is 0.125. The molecule has 0 atom stereocenters. The maximum atomic E-state index is 12.3. The monoisotopic (exact) mass is 341 g/mol. The molecule has 2 aromatic heterocycles. The van der Waals surface area contributed by atoms with Crippen LogP contribution in [-0.4, -0.2) is 35.8 Å². The number of furan rings is 1. The summed E-state index contributed by atoms with van der Waals surface area (Å²) >= 11 is 1.33. The number of thiazole rings is 1. The first-order valence-electron chi connectivity index (χ1n) is 7.17. The Hall–Kier alpha value is -2.93. The van der Waals surface area contributed by atoms with E-state index in [0.29, 0.717) is 27.7 Å². The van der Waals surface area contributed by atoms with E-state index in [-0.39, 0.29) is 11.8 Å². The molecule has 0 aliphatic carbocycles. The van der Waals surface area contributed by atoms with Gasteiger partial charge in [-0.15, -0.1) is 11.3 Å². The summed E-state index contributed by atoms with van der Waals surface area (Å²) in [6, 6.07) is 10.3. The largest absolute Gasteiger partial charge is 0.462 e. The molecular weight excluding hydrogens is 326 g/mol. The Morgan fingerprint density at radius 1 is 1.21 bits per heavy atom. The lowest BCUT2D eigenvalue weighted by molar-refractivity contribution is 0.0827. The Labute approximate surface area is 142 Å². The molecule has 24 heavy (non-hydrogen) atoms. The van der Waals surface area contributed by atoms with E-state index in [1.54, 1.807) is 62.1 Å². The zero-order valence-corrected chi connectivity index (χ0v) is 14.0. The molecule has 1 aromatic carbocycles. The van der Waals surface area contributed by atoms with E-state index in [0.717, 1.165) is 0 Å². The normalized spacial score (nSPS) is 10.4. The zero-order valence-electron chi connectivity index (χ0n) is 13.1. The van der Waals surface area contributed by atoms with E-state index in [1.807, 2.05) is 0 Å². The number of aromatic nitrogens is 1. The summed E-state index contributed by atoms with van der Waals surface area (Å²) in [5.41, 5.74) is 1.35. The van der Waals surface area contributed by atoms with Gasteiger partial charge in [-0.05, 0) is 30.3 Å². The lowest BCUT2D eigenvalue weighted by atomic mass is 10.2. The van der Waals surface area contributed by atoms with Gasteiger partial charge in [0.2, 0.25) is 0 Å². The number of nitrogens with zero attached hydrogens (tertiary/aromatic N) is 2. The minimum atomic E-state index is -0.335. The van der Waals surface area contributed by atoms with Gasteiger partial charge in [0.25, 0.3) is 11.8 Å². The predicted molar refractivity (Wildman–Crippen MR) is 92.2 cm³/mol. The Kier molecular flexibility index (Phi) is 4.43. The van der Waals surface area contributed by atoms with E-state index >= 15 is 0 Å². The molecule has 0 bridgehead atoms. The number of nitrogens with one attached hydrogen (secondary N) is 1. The maximum Gasteiger partial charge on any atom is 0.275 e. The van der Waals surface area contributed by atoms with Crippen LogP contribution in [0.15, 0.2) is 52.5 Å². The summed E-state index contributed by atoms with van der Waals surface area (Å²) in [4.78, 5) is 30.1. The summed E-state index contributed by atoms with van der Waals surface area (Å²) < 4.78 is 5.27. The van der Waals surface area contributed by atoms with Crippen molar-refractivity contribution in [3.8, 4) is 10.8 Å². The highest BCUT2D eigenvalue weighted by molar-refractivity contribution is 7.13. The van der Waals surface area contributed by atoms with E-state index in [1.165, 1.54) is 16.2 Å². The molecule has 3 rings (SSSR count). The quantitative estimate of drug-likeness (QED) is 0.789. The number of rotatable bonds is 4. The van der Waals surface area contributed by atoms with E-state index < -0.39 is 0 Å². The van der Waals surface area contributed by atoms with Crippen molar-refractivity contribution >= 4 is 28.8 Å². The standard InChI is InChI=1S/C17H15N3O3S/c1-20(2)17(22)11-5-3-6-12(9-11)18-15(21)13-10-24-16(19-13)14-7-4-8-23-14/h3-10H,1-2H3,(H,18,21). The Bertz CT molecular complexity index is 869. The average molecular weight is 341 g/mol. The van der Waals surface area contributed by atoms with Crippen molar-refractivity contribution in [2.75, 3.05) is 19.4 Å². The minimum Gasteiger partial charge on any atom is -0.462 e. The summed E-state index contributed by atoms with van der Waals surface area (Å²) in [6.07, 6.45) is 1.56. The van der Waals surface area contributed by atoms with Gasteiger partial charge in [-0.3, -0.25) is 9.59 Å². The second-order valence-electron chi connectivity index (χ2n) is 5.25. The Balaban J connectivity index is 1.76. The molecule has 2 amide bonds. The van der Waals surface area contributed by atoms with Crippen LogP contribution in [0.4, 0.5) is 5.69 Å². The smallest absolute Gasteiger partial charge is 0.275 e. The van der Waals surface area contributed by atoms with Crippen LogP contribution in [0.25, 0.3) is 10.8 Å². The fourth-order valence-electron chi connectivity index (χ4n) is 2.07. The second kappa shape index (κ2) is 6.67. The van der Waals surface area contributed by atoms with Gasteiger partial charge in [-0.2, -0.15) is 0 Å². The fraction of sp³-hybridized carbons (Fsp3) is 0.118. The van der Waals surface area contributed by atoms with Gasteiger partial charge in [0, 0.05) is 30.7 Å². The van der Waals surface area contributed by atoms with Crippen LogP contribution >= 0.6 is 11.3 Å². The molecule has 7 heteroatoms. The first kappa shape index (κ1) is 15.9. The van der Waals surface area contributed by atoms with Crippen LogP contribution in [-0.2, 0) is 0 Å². The van der Waals surface area contributed by atoms with Crippen LogP contribution in [0.3, 0.4) is 0 Å². The van der Waals surface area contributed by atoms with Gasteiger partial charge in [-0.1, -0.05) is 6.07 Å². The number of amides is 2. The summed E-state index contributed by atoms with van der Waals surface area (Å²) in [6.45, 7) is 0. The van der Waals surface area contributed by atoms with Crippen molar-refractivity contribution < 1.29 is 14.0 Å². The molecule has 122 valence electrons. The SMILES string of the molecule is CN(C)C(=O)c1cccc(NC(=O)c2csc(-c3ccco3)n2)c1. The predicted octanol–water partition coefficient (Wildman–Crippen LogP) is 3.36.